The van der Waals surface area contributed by atoms with Crippen molar-refractivity contribution in [2.75, 3.05) is 0 Å². The fraction of sp³-hybridized carbons (Fsp3) is 0.707. The first-order valence-corrected chi connectivity index (χ1v) is 17.1. The zero-order chi connectivity index (χ0) is 37.9. The van der Waals surface area contributed by atoms with Crippen LogP contribution in [0.2, 0.25) is 0 Å². The Balaban J connectivity index is 0. The van der Waals surface area contributed by atoms with E-state index < -0.39 is 5.41 Å². The maximum atomic E-state index is 12.3. The number of Topliss-reactive ketones (excluding diaryl/α,β-unsaturated/α-hetero) is 6. The van der Waals surface area contributed by atoms with Gasteiger partial charge in [-0.3, -0.25) is 28.8 Å². The van der Waals surface area contributed by atoms with Crippen molar-refractivity contribution in [3.8, 4) is 0 Å². The van der Waals surface area contributed by atoms with Gasteiger partial charge >= 0.3 is 0 Å². The molecule has 0 spiro atoms. The summed E-state index contributed by atoms with van der Waals surface area (Å²) in [6.45, 7) is 34.2. The number of hydrogen-bond acceptors (Lipinski definition) is 6. The van der Waals surface area contributed by atoms with Gasteiger partial charge in [-0.05, 0) is 5.41 Å². The van der Waals surface area contributed by atoms with Crippen LogP contribution in [-0.2, 0) is 19.2 Å². The third-order valence-electron chi connectivity index (χ3n) is 7.67. The first kappa shape index (κ1) is 46.4. The molecule has 47 heavy (non-hydrogen) atoms. The minimum absolute atomic E-state index is 0.0158. The average molecular weight is 657 g/mol. The monoisotopic (exact) mass is 657 g/mol. The lowest BCUT2D eigenvalue weighted by molar-refractivity contribution is -0.131. The highest BCUT2D eigenvalue weighted by Crippen LogP contribution is 2.33. The van der Waals surface area contributed by atoms with Crippen LogP contribution in [0.3, 0.4) is 0 Å². The molecule has 6 nitrogen and oxygen atoms in total. The molecule has 0 fully saturated rings. The van der Waals surface area contributed by atoms with Gasteiger partial charge < -0.3 is 0 Å². The molecular weight excluding hydrogens is 588 g/mol. The highest BCUT2D eigenvalue weighted by atomic mass is 16.1. The molecule has 0 unspecified atom stereocenters. The van der Waals surface area contributed by atoms with Crippen LogP contribution in [0.4, 0.5) is 0 Å². The van der Waals surface area contributed by atoms with Gasteiger partial charge in [0.1, 0.15) is 23.1 Å². The number of hydrogen-bond donors (Lipinski definition) is 0. The highest BCUT2D eigenvalue weighted by Gasteiger charge is 2.33. The molecule has 0 bridgehead atoms. The summed E-state index contributed by atoms with van der Waals surface area (Å²) < 4.78 is 0. The molecule has 0 saturated heterocycles. The molecule has 0 aliphatic heterocycles. The van der Waals surface area contributed by atoms with Crippen molar-refractivity contribution in [2.45, 2.75) is 150 Å². The van der Waals surface area contributed by atoms with Crippen molar-refractivity contribution in [1.29, 1.82) is 0 Å². The number of benzene rings is 1. The molecule has 0 N–H and O–H groups in total. The third-order valence-corrected chi connectivity index (χ3v) is 7.67. The Bertz CT molecular complexity index is 1200. The Morgan fingerprint density at radius 2 is 0.851 bits per heavy atom. The largest absolute Gasteiger partial charge is 0.299 e. The Kier molecular flexibility index (Phi) is 17.9. The van der Waals surface area contributed by atoms with Crippen LogP contribution >= 0.6 is 0 Å². The molecule has 268 valence electrons. The summed E-state index contributed by atoms with van der Waals surface area (Å²) in [6, 6.07) is 7.08. The first-order chi connectivity index (χ1) is 20.8. The van der Waals surface area contributed by atoms with E-state index in [9.17, 15) is 28.8 Å². The van der Waals surface area contributed by atoms with Gasteiger partial charge in [-0.25, -0.2) is 0 Å². The van der Waals surface area contributed by atoms with Gasteiger partial charge in [-0.2, -0.15) is 0 Å². The summed E-state index contributed by atoms with van der Waals surface area (Å²) in [7, 11) is 0. The van der Waals surface area contributed by atoms with Gasteiger partial charge in [0.25, 0.3) is 0 Å². The SMILES string of the molecule is CC(C)(CC(=O)C(C)(C)C)CC(=O)C(C)(C)C.CC(C)C(=O)CCC(=O)C(C)(C)C.CC(C)C(=O)c1ccccc1C(=O)C(C)(C)C. The van der Waals surface area contributed by atoms with Crippen LogP contribution in [0, 0.1) is 38.9 Å². The zero-order valence-corrected chi connectivity index (χ0v) is 33.2. The Labute approximate surface area is 287 Å². The minimum Gasteiger partial charge on any atom is -0.299 e. The second kappa shape index (κ2) is 18.1. The van der Waals surface area contributed by atoms with E-state index in [-0.39, 0.29) is 68.2 Å². The minimum atomic E-state index is -0.465. The number of carbonyl (C=O) groups excluding carboxylic acids is 6. The van der Waals surface area contributed by atoms with Crippen LogP contribution in [0.5, 0.6) is 0 Å². The van der Waals surface area contributed by atoms with Gasteiger partial charge in [-0.15, -0.1) is 0 Å². The quantitative estimate of drug-likeness (QED) is 0.220. The summed E-state index contributed by atoms with van der Waals surface area (Å²) in [5.74, 6) is 0.796. The van der Waals surface area contributed by atoms with Gasteiger partial charge in [0.05, 0.1) is 0 Å². The molecule has 0 aromatic heterocycles. The van der Waals surface area contributed by atoms with Crippen LogP contribution in [0.25, 0.3) is 0 Å². The average Bonchev–Trinajstić information content (AvgIpc) is 2.88. The molecule has 0 aliphatic rings. The summed E-state index contributed by atoms with van der Waals surface area (Å²) >= 11 is 0. The Morgan fingerprint density at radius 1 is 0.489 bits per heavy atom. The highest BCUT2D eigenvalue weighted by molar-refractivity contribution is 6.11. The summed E-state index contributed by atoms with van der Waals surface area (Å²) in [6.07, 6.45) is 1.73. The number of ketones is 6. The maximum absolute atomic E-state index is 12.3. The van der Waals surface area contributed by atoms with Crippen molar-refractivity contribution in [1.82, 2.24) is 0 Å². The van der Waals surface area contributed by atoms with Crippen molar-refractivity contribution >= 4 is 34.7 Å². The molecule has 0 radical (unpaired) electrons. The molecule has 0 saturated carbocycles. The second-order valence-corrected chi connectivity index (χ2v) is 18.3. The molecule has 0 aliphatic carbocycles. The van der Waals surface area contributed by atoms with Crippen molar-refractivity contribution in [3.63, 3.8) is 0 Å². The second-order valence-electron chi connectivity index (χ2n) is 18.3. The third kappa shape index (κ3) is 18.4. The van der Waals surface area contributed by atoms with Gasteiger partial charge in [-0.1, -0.05) is 149 Å². The standard InChI is InChI=1S/C15H20O2.C15H28O2.C11H20O2/c1-10(2)13(16)11-8-6-7-9-12(11)14(17)15(3,4)5;1-13(2,3)11(16)9-15(7,8)10-12(17)14(4,5)6;1-8(2)9(12)6-7-10(13)11(3,4)5/h6-10H,1-5H3;9-10H2,1-8H3;8H,6-7H2,1-5H3. The predicted octanol–water partition coefficient (Wildman–Crippen LogP) is 10.4. The molecule has 6 heteroatoms. The lowest BCUT2D eigenvalue weighted by atomic mass is 9.73. The fourth-order valence-corrected chi connectivity index (χ4v) is 3.97. The van der Waals surface area contributed by atoms with E-state index >= 15 is 0 Å². The summed E-state index contributed by atoms with van der Waals surface area (Å²) in [4.78, 5) is 71.0. The Morgan fingerprint density at radius 3 is 1.15 bits per heavy atom. The van der Waals surface area contributed by atoms with Crippen LogP contribution in [-0.4, -0.2) is 34.7 Å². The van der Waals surface area contributed by atoms with E-state index in [1.807, 2.05) is 125 Å². The van der Waals surface area contributed by atoms with E-state index in [1.54, 1.807) is 24.3 Å². The van der Waals surface area contributed by atoms with E-state index in [0.717, 1.165) is 0 Å². The van der Waals surface area contributed by atoms with Crippen molar-refractivity contribution < 1.29 is 28.8 Å². The van der Waals surface area contributed by atoms with Crippen molar-refractivity contribution in [3.05, 3.63) is 35.4 Å². The van der Waals surface area contributed by atoms with Crippen LogP contribution in [0.1, 0.15) is 171 Å². The topological polar surface area (TPSA) is 102 Å². The Hall–Kier alpha value is -2.76. The molecule has 1 aromatic carbocycles. The van der Waals surface area contributed by atoms with E-state index in [2.05, 4.69) is 0 Å². The number of carbonyl (C=O) groups is 6. The van der Waals surface area contributed by atoms with E-state index in [4.69, 9.17) is 0 Å². The van der Waals surface area contributed by atoms with Gasteiger partial charge in [0.2, 0.25) is 0 Å². The zero-order valence-electron chi connectivity index (χ0n) is 33.2. The molecular formula is C41H68O6. The molecule has 0 heterocycles. The van der Waals surface area contributed by atoms with Crippen LogP contribution in [0.15, 0.2) is 24.3 Å². The predicted molar refractivity (Wildman–Crippen MR) is 195 cm³/mol. The molecule has 0 atom stereocenters. The van der Waals surface area contributed by atoms with Gasteiger partial charge in [0.15, 0.2) is 11.6 Å². The smallest absolute Gasteiger partial charge is 0.168 e. The first-order valence-electron chi connectivity index (χ1n) is 17.1. The normalized spacial score (nSPS) is 12.4. The molecule has 1 rings (SSSR count). The maximum Gasteiger partial charge on any atom is 0.168 e. The molecule has 1 aromatic rings. The van der Waals surface area contributed by atoms with E-state index in [1.165, 1.54) is 0 Å². The lowest BCUT2D eigenvalue weighted by Crippen LogP contribution is -2.31. The summed E-state index contributed by atoms with van der Waals surface area (Å²) in [5, 5.41) is 0. The fourth-order valence-electron chi connectivity index (χ4n) is 3.97. The summed E-state index contributed by atoms with van der Waals surface area (Å²) in [5.41, 5.74) is -0.565. The lowest BCUT2D eigenvalue weighted by Gasteiger charge is -2.29. The number of rotatable bonds is 11. The van der Waals surface area contributed by atoms with Crippen molar-refractivity contribution in [2.24, 2.45) is 38.9 Å². The van der Waals surface area contributed by atoms with Gasteiger partial charge in [0, 0.05) is 70.3 Å². The van der Waals surface area contributed by atoms with E-state index in [0.29, 0.717) is 36.8 Å². The van der Waals surface area contributed by atoms with Crippen LogP contribution < -0.4 is 0 Å². The molecule has 0 amide bonds.